The van der Waals surface area contributed by atoms with E-state index >= 15 is 0 Å². The summed E-state index contributed by atoms with van der Waals surface area (Å²) in [5.74, 6) is 1.26. The minimum atomic E-state index is 0.0700. The van der Waals surface area contributed by atoms with Crippen LogP contribution in [0.25, 0.3) is 0 Å². The maximum Gasteiger partial charge on any atom is 0.122 e. The van der Waals surface area contributed by atoms with Gasteiger partial charge in [-0.3, -0.25) is 0 Å². The van der Waals surface area contributed by atoms with E-state index in [-0.39, 0.29) is 6.04 Å². The summed E-state index contributed by atoms with van der Waals surface area (Å²) in [6.07, 6.45) is 1.83. The molecule has 0 aliphatic heterocycles. The monoisotopic (exact) mass is 347 g/mol. The van der Waals surface area contributed by atoms with Crippen LogP contribution in [0.3, 0.4) is 0 Å². The SMILES string of the molecule is CCC(c1ccccc1)C(N)Cc1cc(Br)ccc1OC. The summed E-state index contributed by atoms with van der Waals surface area (Å²) in [6, 6.07) is 16.6. The van der Waals surface area contributed by atoms with Crippen molar-refractivity contribution in [3.05, 3.63) is 64.1 Å². The van der Waals surface area contributed by atoms with E-state index in [2.05, 4.69) is 53.2 Å². The van der Waals surface area contributed by atoms with Crippen LogP contribution in [-0.4, -0.2) is 13.2 Å². The minimum absolute atomic E-state index is 0.0700. The highest BCUT2D eigenvalue weighted by Gasteiger charge is 2.19. The Labute approximate surface area is 135 Å². The summed E-state index contributed by atoms with van der Waals surface area (Å²) in [6.45, 7) is 2.19. The average molecular weight is 348 g/mol. The molecule has 2 atom stereocenters. The summed E-state index contributed by atoms with van der Waals surface area (Å²) < 4.78 is 6.50. The highest BCUT2D eigenvalue weighted by molar-refractivity contribution is 9.10. The molecule has 2 rings (SSSR count). The Morgan fingerprint density at radius 2 is 1.86 bits per heavy atom. The maximum absolute atomic E-state index is 6.50. The Balaban J connectivity index is 2.20. The number of nitrogens with two attached hydrogens (primary N) is 1. The molecule has 2 unspecified atom stereocenters. The van der Waals surface area contributed by atoms with Crippen LogP contribution in [-0.2, 0) is 6.42 Å². The molecule has 2 aromatic carbocycles. The van der Waals surface area contributed by atoms with Crippen LogP contribution >= 0.6 is 15.9 Å². The average Bonchev–Trinajstić information content (AvgIpc) is 2.49. The second-order valence-corrected chi connectivity index (χ2v) is 6.17. The molecule has 21 heavy (non-hydrogen) atoms. The largest absolute Gasteiger partial charge is 0.496 e. The van der Waals surface area contributed by atoms with Crippen molar-refractivity contribution in [2.24, 2.45) is 5.73 Å². The topological polar surface area (TPSA) is 35.2 Å². The quantitative estimate of drug-likeness (QED) is 0.833. The Bertz CT molecular complexity index is 571. The van der Waals surface area contributed by atoms with Gasteiger partial charge in [-0.1, -0.05) is 53.2 Å². The van der Waals surface area contributed by atoms with E-state index in [1.165, 1.54) is 5.56 Å². The van der Waals surface area contributed by atoms with Gasteiger partial charge in [-0.05, 0) is 48.1 Å². The molecule has 2 nitrogen and oxygen atoms in total. The van der Waals surface area contributed by atoms with Gasteiger partial charge >= 0.3 is 0 Å². The molecule has 0 amide bonds. The van der Waals surface area contributed by atoms with E-state index in [0.29, 0.717) is 5.92 Å². The molecule has 0 aliphatic rings. The number of methoxy groups -OCH3 is 1. The summed E-state index contributed by atoms with van der Waals surface area (Å²) >= 11 is 3.52. The Hall–Kier alpha value is -1.32. The normalized spacial score (nSPS) is 13.7. The van der Waals surface area contributed by atoms with Crippen molar-refractivity contribution < 1.29 is 4.74 Å². The lowest BCUT2D eigenvalue weighted by molar-refractivity contribution is 0.405. The van der Waals surface area contributed by atoms with Crippen molar-refractivity contribution >= 4 is 15.9 Å². The molecule has 0 saturated carbocycles. The summed E-state index contributed by atoms with van der Waals surface area (Å²) in [7, 11) is 1.70. The van der Waals surface area contributed by atoms with Gasteiger partial charge in [0.15, 0.2) is 0 Å². The zero-order chi connectivity index (χ0) is 15.2. The number of hydrogen-bond donors (Lipinski definition) is 1. The van der Waals surface area contributed by atoms with Gasteiger partial charge in [-0.2, -0.15) is 0 Å². The molecule has 3 heteroatoms. The van der Waals surface area contributed by atoms with Crippen LogP contribution in [0, 0.1) is 0 Å². The van der Waals surface area contributed by atoms with Crippen molar-refractivity contribution in [3.63, 3.8) is 0 Å². The van der Waals surface area contributed by atoms with E-state index in [1.54, 1.807) is 7.11 Å². The van der Waals surface area contributed by atoms with Gasteiger partial charge in [0.2, 0.25) is 0 Å². The zero-order valence-corrected chi connectivity index (χ0v) is 14.1. The highest BCUT2D eigenvalue weighted by Crippen LogP contribution is 2.29. The lowest BCUT2D eigenvalue weighted by Gasteiger charge is -2.24. The van der Waals surface area contributed by atoms with Crippen LogP contribution in [0.4, 0.5) is 0 Å². The third-order valence-electron chi connectivity index (χ3n) is 3.88. The van der Waals surface area contributed by atoms with Crippen molar-refractivity contribution in [2.75, 3.05) is 7.11 Å². The van der Waals surface area contributed by atoms with Gasteiger partial charge < -0.3 is 10.5 Å². The van der Waals surface area contributed by atoms with Gasteiger partial charge in [-0.25, -0.2) is 0 Å². The molecular weight excluding hydrogens is 326 g/mol. The molecule has 0 saturated heterocycles. The predicted molar refractivity (Wildman–Crippen MR) is 91.8 cm³/mol. The van der Waals surface area contributed by atoms with Gasteiger partial charge in [0.1, 0.15) is 5.75 Å². The maximum atomic E-state index is 6.50. The standard InChI is InChI=1S/C18H22BrNO/c1-3-16(13-7-5-4-6-8-13)17(20)12-14-11-15(19)9-10-18(14)21-2/h4-11,16-17H,3,12,20H2,1-2H3. The van der Waals surface area contributed by atoms with Crippen molar-refractivity contribution in [1.29, 1.82) is 0 Å². The first-order chi connectivity index (χ1) is 10.2. The predicted octanol–water partition coefficient (Wildman–Crippen LogP) is 4.52. The number of hydrogen-bond acceptors (Lipinski definition) is 2. The van der Waals surface area contributed by atoms with Crippen molar-refractivity contribution in [3.8, 4) is 5.75 Å². The Morgan fingerprint density at radius 3 is 2.48 bits per heavy atom. The molecule has 0 bridgehead atoms. The summed E-state index contributed by atoms with van der Waals surface area (Å²) in [5, 5.41) is 0. The third kappa shape index (κ3) is 4.08. The minimum Gasteiger partial charge on any atom is -0.496 e. The van der Waals surface area contributed by atoms with Crippen LogP contribution in [0.15, 0.2) is 53.0 Å². The fraction of sp³-hybridized carbons (Fsp3) is 0.333. The first kappa shape index (κ1) is 16.1. The Kier molecular flexibility index (Phi) is 5.83. The lowest BCUT2D eigenvalue weighted by Crippen LogP contribution is -2.30. The fourth-order valence-electron chi connectivity index (χ4n) is 2.79. The summed E-state index contributed by atoms with van der Waals surface area (Å²) in [5.41, 5.74) is 8.95. The van der Waals surface area contributed by atoms with Crippen LogP contribution in [0.2, 0.25) is 0 Å². The van der Waals surface area contributed by atoms with E-state index < -0.39 is 0 Å². The molecule has 0 radical (unpaired) electrons. The molecule has 2 N–H and O–H groups in total. The summed E-state index contributed by atoms with van der Waals surface area (Å²) in [4.78, 5) is 0. The number of rotatable bonds is 6. The highest BCUT2D eigenvalue weighted by atomic mass is 79.9. The molecule has 0 aliphatic carbocycles. The first-order valence-corrected chi connectivity index (χ1v) is 8.08. The molecule has 0 aromatic heterocycles. The van der Waals surface area contributed by atoms with Crippen LogP contribution < -0.4 is 10.5 Å². The molecule has 112 valence electrons. The van der Waals surface area contributed by atoms with Gasteiger partial charge in [0, 0.05) is 10.5 Å². The Morgan fingerprint density at radius 1 is 1.14 bits per heavy atom. The molecule has 0 spiro atoms. The van der Waals surface area contributed by atoms with E-state index in [9.17, 15) is 0 Å². The van der Waals surface area contributed by atoms with E-state index in [0.717, 1.165) is 28.6 Å². The molecule has 0 heterocycles. The number of halogens is 1. The van der Waals surface area contributed by atoms with Gasteiger partial charge in [-0.15, -0.1) is 0 Å². The zero-order valence-electron chi connectivity index (χ0n) is 12.6. The van der Waals surface area contributed by atoms with Crippen molar-refractivity contribution in [2.45, 2.75) is 31.7 Å². The second kappa shape index (κ2) is 7.62. The number of benzene rings is 2. The van der Waals surface area contributed by atoms with Crippen LogP contribution in [0.5, 0.6) is 5.75 Å². The lowest BCUT2D eigenvalue weighted by atomic mass is 9.86. The molecule has 0 fully saturated rings. The first-order valence-electron chi connectivity index (χ1n) is 7.28. The van der Waals surface area contributed by atoms with E-state index in [1.807, 2.05) is 18.2 Å². The molecular formula is C18H22BrNO. The fourth-order valence-corrected chi connectivity index (χ4v) is 3.20. The van der Waals surface area contributed by atoms with Gasteiger partial charge in [0.05, 0.1) is 7.11 Å². The molecule has 2 aromatic rings. The van der Waals surface area contributed by atoms with E-state index in [4.69, 9.17) is 10.5 Å². The second-order valence-electron chi connectivity index (χ2n) is 5.25. The third-order valence-corrected chi connectivity index (χ3v) is 4.38. The smallest absolute Gasteiger partial charge is 0.122 e. The van der Waals surface area contributed by atoms with Crippen LogP contribution in [0.1, 0.15) is 30.4 Å². The van der Waals surface area contributed by atoms with Gasteiger partial charge in [0.25, 0.3) is 0 Å². The van der Waals surface area contributed by atoms with Crippen molar-refractivity contribution in [1.82, 2.24) is 0 Å². The number of ether oxygens (including phenoxy) is 1.